The quantitative estimate of drug-likeness (QED) is 0.622. The number of rotatable bonds is 7. The summed E-state index contributed by atoms with van der Waals surface area (Å²) in [6, 6.07) is 7.29. The fourth-order valence-corrected chi connectivity index (χ4v) is 3.99. The van der Waals surface area contributed by atoms with Gasteiger partial charge in [-0.3, -0.25) is 9.78 Å². The van der Waals surface area contributed by atoms with E-state index in [9.17, 15) is 15.0 Å². The molecular weight excluding hydrogens is 360 g/mol. The van der Waals surface area contributed by atoms with E-state index in [0.717, 1.165) is 23.9 Å². The standard InChI is InChI=1S/C21H28N2O5/c1-27-15-10-17-16(4-3-5-18(17)23-12-15)21(26)19(24)8-13-6-7-22-11-14(13)9-20(25)28-2/h3-5,10,12-14,19,21-22,24,26H,6-9,11H2,1-2H3/t13-,14-,19+,21+/m0/s1. The molecule has 2 aromatic rings. The van der Waals surface area contributed by atoms with E-state index in [0.29, 0.717) is 30.7 Å². The van der Waals surface area contributed by atoms with Crippen LogP contribution in [-0.2, 0) is 9.53 Å². The van der Waals surface area contributed by atoms with Crippen LogP contribution in [0.4, 0.5) is 0 Å². The van der Waals surface area contributed by atoms with Crippen molar-refractivity contribution >= 4 is 16.9 Å². The Morgan fingerprint density at radius 1 is 1.32 bits per heavy atom. The minimum absolute atomic E-state index is 0.0809. The van der Waals surface area contributed by atoms with Gasteiger partial charge in [-0.15, -0.1) is 0 Å². The van der Waals surface area contributed by atoms with Gasteiger partial charge in [0.2, 0.25) is 0 Å². The van der Waals surface area contributed by atoms with Crippen molar-refractivity contribution in [2.75, 3.05) is 27.3 Å². The van der Waals surface area contributed by atoms with Crippen molar-refractivity contribution in [1.82, 2.24) is 10.3 Å². The summed E-state index contributed by atoms with van der Waals surface area (Å²) < 4.78 is 10.0. The molecule has 0 bridgehead atoms. The van der Waals surface area contributed by atoms with E-state index < -0.39 is 12.2 Å². The molecule has 7 nitrogen and oxygen atoms in total. The lowest BCUT2D eigenvalue weighted by atomic mass is 9.79. The van der Waals surface area contributed by atoms with Crippen molar-refractivity contribution < 1.29 is 24.5 Å². The maximum Gasteiger partial charge on any atom is 0.305 e. The first-order valence-electron chi connectivity index (χ1n) is 9.59. The highest BCUT2D eigenvalue weighted by atomic mass is 16.5. The number of aromatic nitrogens is 1. The number of methoxy groups -OCH3 is 2. The third-order valence-corrected chi connectivity index (χ3v) is 5.62. The van der Waals surface area contributed by atoms with Crippen LogP contribution in [0.15, 0.2) is 30.5 Å². The number of pyridine rings is 1. The van der Waals surface area contributed by atoms with Gasteiger partial charge in [0.25, 0.3) is 0 Å². The molecule has 0 amide bonds. The average molecular weight is 388 g/mol. The maximum absolute atomic E-state index is 11.7. The summed E-state index contributed by atoms with van der Waals surface area (Å²) in [5, 5.41) is 25.7. The first kappa shape index (κ1) is 20.5. The number of carbonyl (C=O) groups excluding carboxylic acids is 1. The number of fused-ring (bicyclic) bond motifs is 1. The van der Waals surface area contributed by atoms with Crippen LogP contribution in [0.1, 0.15) is 30.9 Å². The topological polar surface area (TPSA) is 101 Å². The number of hydrogen-bond acceptors (Lipinski definition) is 7. The lowest BCUT2D eigenvalue weighted by molar-refractivity contribution is -0.142. The van der Waals surface area contributed by atoms with Gasteiger partial charge in [-0.2, -0.15) is 0 Å². The van der Waals surface area contributed by atoms with Crippen molar-refractivity contribution in [2.24, 2.45) is 11.8 Å². The Bertz CT molecular complexity index is 812. The fourth-order valence-electron chi connectivity index (χ4n) is 3.99. The van der Waals surface area contributed by atoms with Gasteiger partial charge in [0, 0.05) is 11.8 Å². The summed E-state index contributed by atoms with van der Waals surface area (Å²) in [5.74, 6) is 0.559. The Kier molecular flexibility index (Phi) is 6.83. The molecule has 0 radical (unpaired) electrons. The third kappa shape index (κ3) is 4.60. The number of nitrogens with zero attached hydrogens (tertiary/aromatic N) is 1. The van der Waals surface area contributed by atoms with Crippen LogP contribution in [0.2, 0.25) is 0 Å². The van der Waals surface area contributed by atoms with E-state index in [2.05, 4.69) is 10.3 Å². The zero-order valence-corrected chi connectivity index (χ0v) is 16.3. The van der Waals surface area contributed by atoms with Gasteiger partial charge >= 0.3 is 5.97 Å². The molecule has 0 saturated carbocycles. The van der Waals surface area contributed by atoms with E-state index in [4.69, 9.17) is 9.47 Å². The molecular formula is C21H28N2O5. The first-order valence-corrected chi connectivity index (χ1v) is 9.59. The smallest absolute Gasteiger partial charge is 0.305 e. The van der Waals surface area contributed by atoms with Gasteiger partial charge < -0.3 is 25.0 Å². The zero-order chi connectivity index (χ0) is 20.1. The Morgan fingerprint density at radius 2 is 2.14 bits per heavy atom. The largest absolute Gasteiger partial charge is 0.495 e. The monoisotopic (exact) mass is 388 g/mol. The van der Waals surface area contributed by atoms with Crippen LogP contribution in [0.5, 0.6) is 5.75 Å². The number of esters is 1. The van der Waals surface area contributed by atoms with Crippen molar-refractivity contribution in [3.8, 4) is 5.75 Å². The third-order valence-electron chi connectivity index (χ3n) is 5.62. The lowest BCUT2D eigenvalue weighted by Gasteiger charge is -2.34. The van der Waals surface area contributed by atoms with Gasteiger partial charge in [-0.05, 0) is 55.5 Å². The second-order valence-corrected chi connectivity index (χ2v) is 7.33. The molecule has 28 heavy (non-hydrogen) atoms. The maximum atomic E-state index is 11.7. The molecule has 152 valence electrons. The summed E-state index contributed by atoms with van der Waals surface area (Å²) in [6.45, 7) is 1.54. The van der Waals surface area contributed by atoms with E-state index in [1.165, 1.54) is 7.11 Å². The first-order chi connectivity index (χ1) is 13.5. The number of hydrogen-bond donors (Lipinski definition) is 3. The van der Waals surface area contributed by atoms with E-state index in [-0.39, 0.29) is 17.8 Å². The summed E-state index contributed by atoms with van der Waals surface area (Å²) in [5.41, 5.74) is 1.35. The molecule has 0 spiro atoms. The molecule has 1 aliphatic heterocycles. The molecule has 1 aromatic carbocycles. The summed E-state index contributed by atoms with van der Waals surface area (Å²) in [7, 11) is 2.95. The molecule has 1 aliphatic rings. The summed E-state index contributed by atoms with van der Waals surface area (Å²) in [4.78, 5) is 16.0. The molecule has 7 heteroatoms. The number of carbonyl (C=O) groups is 1. The Morgan fingerprint density at radius 3 is 2.89 bits per heavy atom. The average Bonchev–Trinajstić information content (AvgIpc) is 2.73. The molecule has 2 heterocycles. The normalized spacial score (nSPS) is 21.9. The number of ether oxygens (including phenoxy) is 2. The minimum atomic E-state index is -1.05. The van der Waals surface area contributed by atoms with Crippen molar-refractivity contribution in [2.45, 2.75) is 31.5 Å². The Balaban J connectivity index is 1.77. The molecule has 1 saturated heterocycles. The number of piperidine rings is 1. The molecule has 4 atom stereocenters. The van der Waals surface area contributed by atoms with Crippen molar-refractivity contribution in [3.05, 3.63) is 36.0 Å². The van der Waals surface area contributed by atoms with Crippen LogP contribution >= 0.6 is 0 Å². The number of aliphatic hydroxyl groups excluding tert-OH is 2. The van der Waals surface area contributed by atoms with Crippen LogP contribution < -0.4 is 10.1 Å². The SMILES string of the molecule is COC(=O)C[C@H]1CNCC[C@H]1C[C@@H](O)[C@H](O)c1cccc2ncc(OC)cc12. The van der Waals surface area contributed by atoms with Gasteiger partial charge in [0.05, 0.1) is 32.0 Å². The van der Waals surface area contributed by atoms with Crippen LogP contribution in [0, 0.1) is 11.8 Å². The number of aliphatic hydroxyl groups is 2. The Hall–Kier alpha value is -2.22. The predicted octanol–water partition coefficient (Wildman–Crippen LogP) is 1.82. The van der Waals surface area contributed by atoms with Crippen LogP contribution in [0.25, 0.3) is 10.9 Å². The number of benzene rings is 1. The zero-order valence-electron chi connectivity index (χ0n) is 16.3. The highest BCUT2D eigenvalue weighted by Crippen LogP contribution is 2.33. The number of nitrogens with one attached hydrogen (secondary N) is 1. The van der Waals surface area contributed by atoms with Gasteiger partial charge in [-0.1, -0.05) is 12.1 Å². The molecule has 3 N–H and O–H groups in total. The van der Waals surface area contributed by atoms with Gasteiger partial charge in [0.1, 0.15) is 11.9 Å². The molecule has 0 aliphatic carbocycles. The van der Waals surface area contributed by atoms with Crippen molar-refractivity contribution in [3.63, 3.8) is 0 Å². The fraction of sp³-hybridized carbons (Fsp3) is 0.524. The van der Waals surface area contributed by atoms with Crippen LogP contribution in [-0.4, -0.2) is 54.6 Å². The van der Waals surface area contributed by atoms with E-state index >= 15 is 0 Å². The summed E-state index contributed by atoms with van der Waals surface area (Å²) >= 11 is 0. The highest BCUT2D eigenvalue weighted by Gasteiger charge is 2.32. The van der Waals surface area contributed by atoms with Crippen molar-refractivity contribution in [1.29, 1.82) is 0 Å². The molecule has 1 aromatic heterocycles. The second-order valence-electron chi connectivity index (χ2n) is 7.33. The molecule has 0 unspecified atom stereocenters. The van der Waals surface area contributed by atoms with E-state index in [1.807, 2.05) is 18.2 Å². The molecule has 3 rings (SSSR count). The Labute approximate surface area is 164 Å². The van der Waals surface area contributed by atoms with Gasteiger partial charge in [-0.25, -0.2) is 0 Å². The van der Waals surface area contributed by atoms with Crippen LogP contribution in [0.3, 0.4) is 0 Å². The molecule has 1 fully saturated rings. The highest BCUT2D eigenvalue weighted by molar-refractivity contribution is 5.83. The second kappa shape index (κ2) is 9.32. The minimum Gasteiger partial charge on any atom is -0.495 e. The lowest BCUT2D eigenvalue weighted by Crippen LogP contribution is -2.40. The predicted molar refractivity (Wildman–Crippen MR) is 105 cm³/mol. The summed E-state index contributed by atoms with van der Waals surface area (Å²) in [6.07, 6.45) is 1.20. The van der Waals surface area contributed by atoms with Gasteiger partial charge in [0.15, 0.2) is 0 Å². The van der Waals surface area contributed by atoms with E-state index in [1.54, 1.807) is 19.4 Å².